The van der Waals surface area contributed by atoms with Crippen molar-refractivity contribution in [2.45, 2.75) is 12.5 Å². The maximum Gasteiger partial charge on any atom is 0.332 e. The zero-order valence-corrected chi connectivity index (χ0v) is 14.4. The predicted molar refractivity (Wildman–Crippen MR) is 102 cm³/mol. The van der Waals surface area contributed by atoms with Crippen LogP contribution in [0.15, 0.2) is 73.0 Å². The van der Waals surface area contributed by atoms with Gasteiger partial charge in [0.2, 0.25) is 0 Å². The van der Waals surface area contributed by atoms with E-state index >= 15 is 0 Å². The fourth-order valence-corrected chi connectivity index (χ4v) is 2.84. The van der Waals surface area contributed by atoms with Gasteiger partial charge >= 0.3 is 5.97 Å². The predicted octanol–water partition coefficient (Wildman–Crippen LogP) is 4.92. The minimum Gasteiger partial charge on any atom is -0.458 e. The van der Waals surface area contributed by atoms with Crippen LogP contribution in [0.2, 0.25) is 5.02 Å². The summed E-state index contributed by atoms with van der Waals surface area (Å²) in [5, 5.41) is 7.54. The van der Waals surface area contributed by atoms with Gasteiger partial charge in [-0.25, -0.2) is 4.79 Å². The molecule has 25 heavy (non-hydrogen) atoms. The van der Waals surface area contributed by atoms with Crippen molar-refractivity contribution in [1.82, 2.24) is 0 Å². The molecule has 0 radical (unpaired) electrons. The molecule has 0 spiro atoms. The van der Waals surface area contributed by atoms with Gasteiger partial charge < -0.3 is 15.4 Å². The number of hydrogen-bond donors (Lipinski definition) is 2. The number of fused-ring (bicyclic) bond motifs is 1. The van der Waals surface area contributed by atoms with Crippen LogP contribution in [-0.4, -0.2) is 12.6 Å². The van der Waals surface area contributed by atoms with Crippen LogP contribution in [0.1, 0.15) is 18.0 Å². The van der Waals surface area contributed by atoms with Gasteiger partial charge in [-0.15, -0.1) is 0 Å². The Kier molecular flexibility index (Phi) is 5.41. The summed E-state index contributed by atoms with van der Waals surface area (Å²) in [6, 6.07) is 15.6. The number of carbonyl (C=O) groups excluding carboxylic acids is 1. The van der Waals surface area contributed by atoms with Crippen molar-refractivity contribution in [2.24, 2.45) is 0 Å². The van der Waals surface area contributed by atoms with Crippen LogP contribution in [0.3, 0.4) is 0 Å². The number of rotatable bonds is 4. The zero-order chi connectivity index (χ0) is 17.6. The molecule has 0 aromatic heterocycles. The molecule has 2 N–H and O–H groups in total. The lowest BCUT2D eigenvalue weighted by atomic mass is 10.0. The number of halogens is 1. The Hall–Kier alpha value is -2.72. The highest BCUT2D eigenvalue weighted by atomic mass is 35.5. The molecule has 0 aliphatic carbocycles. The van der Waals surface area contributed by atoms with E-state index in [2.05, 4.69) is 17.2 Å². The molecule has 0 saturated carbocycles. The van der Waals surface area contributed by atoms with E-state index in [0.29, 0.717) is 11.4 Å². The van der Waals surface area contributed by atoms with Crippen molar-refractivity contribution in [2.75, 3.05) is 17.2 Å². The van der Waals surface area contributed by atoms with Crippen LogP contribution in [0.5, 0.6) is 0 Å². The van der Waals surface area contributed by atoms with E-state index < -0.39 is 5.97 Å². The highest BCUT2D eigenvalue weighted by Crippen LogP contribution is 2.35. The third-order valence-electron chi connectivity index (χ3n) is 3.88. The lowest BCUT2D eigenvalue weighted by Gasteiger charge is -2.18. The normalized spacial score (nSPS) is 17.6. The molecule has 5 heteroatoms. The quantitative estimate of drug-likeness (QED) is 0.464. The molecular weight excluding hydrogens is 336 g/mol. The van der Waals surface area contributed by atoms with Gasteiger partial charge in [0.25, 0.3) is 0 Å². The van der Waals surface area contributed by atoms with E-state index in [0.717, 1.165) is 22.6 Å². The molecule has 0 amide bonds. The highest BCUT2D eigenvalue weighted by molar-refractivity contribution is 6.30. The second-order valence-corrected chi connectivity index (χ2v) is 6.15. The van der Waals surface area contributed by atoms with Gasteiger partial charge in [0, 0.05) is 23.2 Å². The maximum absolute atomic E-state index is 12.0. The van der Waals surface area contributed by atoms with Crippen molar-refractivity contribution in [3.05, 3.63) is 83.5 Å². The van der Waals surface area contributed by atoms with Gasteiger partial charge in [0.05, 0.1) is 17.4 Å². The summed E-state index contributed by atoms with van der Waals surface area (Å²) in [4.78, 5) is 12.0. The largest absolute Gasteiger partial charge is 0.458 e. The molecule has 1 aliphatic rings. The number of ether oxygens (including phenoxy) is 1. The summed E-state index contributed by atoms with van der Waals surface area (Å²) in [5.74, 6) is -0.392. The molecular formula is C20H19ClN2O2. The second-order valence-electron chi connectivity index (χ2n) is 5.71. The van der Waals surface area contributed by atoms with Crippen LogP contribution >= 0.6 is 11.6 Å². The Bertz CT molecular complexity index is 800. The lowest BCUT2D eigenvalue weighted by molar-refractivity contribution is -0.136. The molecule has 1 atom stereocenters. The van der Waals surface area contributed by atoms with Crippen LogP contribution < -0.4 is 10.6 Å². The van der Waals surface area contributed by atoms with Crippen LogP contribution in [0.4, 0.5) is 11.4 Å². The Morgan fingerprint density at radius 2 is 1.92 bits per heavy atom. The molecule has 1 heterocycles. The van der Waals surface area contributed by atoms with E-state index in [1.165, 1.54) is 6.08 Å². The van der Waals surface area contributed by atoms with Gasteiger partial charge in [-0.05, 0) is 29.8 Å². The van der Waals surface area contributed by atoms with Crippen molar-refractivity contribution < 1.29 is 9.53 Å². The third-order valence-corrected chi connectivity index (χ3v) is 4.14. The first-order valence-electron chi connectivity index (χ1n) is 8.02. The van der Waals surface area contributed by atoms with Crippen LogP contribution in [0, 0.1) is 0 Å². The third kappa shape index (κ3) is 4.43. The minimum atomic E-state index is -0.392. The first kappa shape index (κ1) is 17.1. The molecule has 128 valence electrons. The number of para-hydroxylation sites is 2. The summed E-state index contributed by atoms with van der Waals surface area (Å²) in [7, 11) is 0. The van der Waals surface area contributed by atoms with Gasteiger partial charge in [-0.3, -0.25) is 0 Å². The Morgan fingerprint density at radius 1 is 1.20 bits per heavy atom. The number of carbonyl (C=O) groups is 1. The standard InChI is InChI=1S/C20H19ClN2O2/c1-2-11-25-20(24)13-16-12-19(14-7-9-15(21)10-8-14)23-18-6-4-3-5-17(18)22-16/h2-10,13,19,22-23H,1,11-12H2/b16-13+. The van der Waals surface area contributed by atoms with Gasteiger partial charge in [0.1, 0.15) is 6.61 Å². The minimum absolute atomic E-state index is 0.00636. The molecule has 2 aromatic rings. The first-order valence-corrected chi connectivity index (χ1v) is 8.40. The molecule has 1 unspecified atom stereocenters. The first-order chi connectivity index (χ1) is 12.2. The summed E-state index contributed by atoms with van der Waals surface area (Å²) in [6.07, 6.45) is 3.65. The average molecular weight is 355 g/mol. The Labute approximate surface area is 152 Å². The Balaban J connectivity index is 1.91. The summed E-state index contributed by atoms with van der Waals surface area (Å²) in [6.45, 7) is 3.74. The smallest absolute Gasteiger partial charge is 0.332 e. The lowest BCUT2D eigenvalue weighted by Crippen LogP contribution is -2.11. The maximum atomic E-state index is 12.0. The van der Waals surface area contributed by atoms with E-state index in [1.54, 1.807) is 6.08 Å². The van der Waals surface area contributed by atoms with Crippen LogP contribution in [0.25, 0.3) is 0 Å². The zero-order valence-electron chi connectivity index (χ0n) is 13.7. The van der Waals surface area contributed by atoms with E-state index in [4.69, 9.17) is 16.3 Å². The van der Waals surface area contributed by atoms with E-state index in [9.17, 15) is 4.79 Å². The van der Waals surface area contributed by atoms with Gasteiger partial charge in [0.15, 0.2) is 0 Å². The van der Waals surface area contributed by atoms with Gasteiger partial charge in [-0.1, -0.05) is 48.5 Å². The molecule has 0 fully saturated rings. The molecule has 0 saturated heterocycles. The number of nitrogens with one attached hydrogen (secondary N) is 2. The fraction of sp³-hybridized carbons (Fsp3) is 0.150. The average Bonchev–Trinajstić information content (AvgIpc) is 2.79. The summed E-state index contributed by atoms with van der Waals surface area (Å²) < 4.78 is 5.07. The van der Waals surface area contributed by atoms with Gasteiger partial charge in [-0.2, -0.15) is 0 Å². The van der Waals surface area contributed by atoms with Crippen molar-refractivity contribution in [1.29, 1.82) is 0 Å². The highest BCUT2D eigenvalue weighted by Gasteiger charge is 2.20. The van der Waals surface area contributed by atoms with E-state index in [-0.39, 0.29) is 12.6 Å². The van der Waals surface area contributed by atoms with Crippen molar-refractivity contribution >= 4 is 28.9 Å². The number of esters is 1. The SMILES string of the molecule is C=CCOC(=O)/C=C1\CC(c2ccc(Cl)cc2)Nc2ccccc2N1. The molecule has 1 aliphatic heterocycles. The molecule has 4 nitrogen and oxygen atoms in total. The van der Waals surface area contributed by atoms with Crippen LogP contribution in [-0.2, 0) is 9.53 Å². The Morgan fingerprint density at radius 3 is 2.64 bits per heavy atom. The van der Waals surface area contributed by atoms with Crippen molar-refractivity contribution in [3.63, 3.8) is 0 Å². The molecule has 3 rings (SSSR count). The number of benzene rings is 2. The topological polar surface area (TPSA) is 50.4 Å². The molecule has 2 aromatic carbocycles. The number of hydrogen-bond acceptors (Lipinski definition) is 4. The second kappa shape index (κ2) is 7.90. The molecule has 0 bridgehead atoms. The summed E-state index contributed by atoms with van der Waals surface area (Å²) >= 11 is 6.00. The van der Waals surface area contributed by atoms with Crippen molar-refractivity contribution in [3.8, 4) is 0 Å². The van der Waals surface area contributed by atoms with E-state index in [1.807, 2.05) is 48.5 Å². The fourth-order valence-electron chi connectivity index (χ4n) is 2.72. The number of anilines is 2. The monoisotopic (exact) mass is 354 g/mol. The summed E-state index contributed by atoms with van der Waals surface area (Å²) in [5.41, 5.74) is 3.77.